The fraction of sp³-hybridized carbons (Fsp3) is 0.130. The first-order valence-corrected chi connectivity index (χ1v) is 9.64. The standard InChI is InChI=1S/C23H15BrO4/c1-23-17(19(25)12-7-3-6-10-15(12)22(23)26)11-16-18(24)21(27-2)14-9-5-4-8-13(14)20(16)28-23/h3-11H,1-2H3/t23-/m1/s1. The van der Waals surface area contributed by atoms with Crippen LogP contribution in [-0.4, -0.2) is 24.3 Å². The average Bonchev–Trinajstić information content (AvgIpc) is 2.72. The zero-order valence-electron chi connectivity index (χ0n) is 15.2. The van der Waals surface area contributed by atoms with Crippen LogP contribution in [0.25, 0.3) is 16.8 Å². The van der Waals surface area contributed by atoms with Crippen LogP contribution in [0.2, 0.25) is 0 Å². The normalized spacial score (nSPS) is 20.0. The van der Waals surface area contributed by atoms with Crippen LogP contribution in [0.3, 0.4) is 0 Å². The number of carbonyl (C=O) groups is 2. The second-order valence-corrected chi connectivity index (χ2v) is 7.83. The minimum atomic E-state index is -1.37. The highest BCUT2D eigenvalue weighted by molar-refractivity contribution is 9.10. The molecule has 0 bridgehead atoms. The molecule has 1 aliphatic carbocycles. The van der Waals surface area contributed by atoms with Crippen molar-refractivity contribution in [2.75, 3.05) is 7.11 Å². The Hall–Kier alpha value is -2.92. The summed E-state index contributed by atoms with van der Waals surface area (Å²) in [7, 11) is 1.60. The van der Waals surface area contributed by atoms with E-state index in [1.54, 1.807) is 44.4 Å². The van der Waals surface area contributed by atoms with Crippen molar-refractivity contribution in [3.63, 3.8) is 0 Å². The third kappa shape index (κ3) is 2.05. The number of hydrogen-bond donors (Lipinski definition) is 0. The molecule has 5 heteroatoms. The highest BCUT2D eigenvalue weighted by Crippen LogP contribution is 2.51. The first-order valence-electron chi connectivity index (χ1n) is 8.85. The van der Waals surface area contributed by atoms with Gasteiger partial charge in [-0.15, -0.1) is 0 Å². The molecule has 4 nitrogen and oxygen atoms in total. The van der Waals surface area contributed by atoms with Gasteiger partial charge < -0.3 is 9.47 Å². The zero-order valence-corrected chi connectivity index (χ0v) is 16.8. The van der Waals surface area contributed by atoms with Crippen molar-refractivity contribution < 1.29 is 19.1 Å². The number of rotatable bonds is 1. The van der Waals surface area contributed by atoms with Gasteiger partial charge in [0, 0.05) is 27.5 Å². The van der Waals surface area contributed by atoms with Gasteiger partial charge in [0.05, 0.1) is 17.2 Å². The molecular formula is C23H15BrO4. The molecule has 0 fully saturated rings. The minimum Gasteiger partial charge on any atom is -0.495 e. The fourth-order valence-corrected chi connectivity index (χ4v) is 4.75. The van der Waals surface area contributed by atoms with Crippen molar-refractivity contribution in [3.05, 3.63) is 75.3 Å². The molecule has 3 aromatic carbocycles. The predicted molar refractivity (Wildman–Crippen MR) is 110 cm³/mol. The van der Waals surface area contributed by atoms with Crippen LogP contribution in [0.1, 0.15) is 33.2 Å². The molecule has 5 rings (SSSR count). The molecule has 3 aromatic rings. The van der Waals surface area contributed by atoms with E-state index in [4.69, 9.17) is 9.47 Å². The van der Waals surface area contributed by atoms with E-state index >= 15 is 0 Å². The number of halogens is 1. The molecule has 138 valence electrons. The van der Waals surface area contributed by atoms with Crippen molar-refractivity contribution in [2.24, 2.45) is 0 Å². The fourth-order valence-electron chi connectivity index (χ4n) is 4.08. The van der Waals surface area contributed by atoms with Crippen LogP contribution in [0.4, 0.5) is 0 Å². The summed E-state index contributed by atoms with van der Waals surface area (Å²) in [6.45, 7) is 1.67. The summed E-state index contributed by atoms with van der Waals surface area (Å²) in [5.41, 5.74) is 0.472. The number of ether oxygens (including phenoxy) is 2. The van der Waals surface area contributed by atoms with Crippen molar-refractivity contribution in [2.45, 2.75) is 12.5 Å². The highest BCUT2D eigenvalue weighted by atomic mass is 79.9. The Balaban J connectivity index is 1.87. The van der Waals surface area contributed by atoms with Gasteiger partial charge in [-0.2, -0.15) is 0 Å². The van der Waals surface area contributed by atoms with E-state index in [9.17, 15) is 9.59 Å². The molecule has 0 spiro atoms. The third-order valence-corrected chi connectivity index (χ3v) is 6.29. The van der Waals surface area contributed by atoms with Crippen LogP contribution in [0.15, 0.2) is 58.6 Å². The summed E-state index contributed by atoms with van der Waals surface area (Å²) in [5.74, 6) is 0.821. The molecule has 1 aliphatic heterocycles. The average molecular weight is 435 g/mol. The molecule has 2 aliphatic rings. The molecular weight excluding hydrogens is 420 g/mol. The Labute approximate surface area is 169 Å². The third-order valence-electron chi connectivity index (χ3n) is 5.50. The van der Waals surface area contributed by atoms with E-state index in [1.165, 1.54) is 0 Å². The molecule has 28 heavy (non-hydrogen) atoms. The number of benzene rings is 3. The van der Waals surface area contributed by atoms with Gasteiger partial charge in [-0.05, 0) is 28.9 Å². The summed E-state index contributed by atoms with van der Waals surface area (Å²) in [4.78, 5) is 26.5. The lowest BCUT2D eigenvalue weighted by Gasteiger charge is -2.39. The SMILES string of the molecule is COc1c(Br)c2c(c3ccccc13)O[C@@]1(C)C(=O)c3ccccc3C(=O)C1=C2. The largest absolute Gasteiger partial charge is 0.495 e. The van der Waals surface area contributed by atoms with Gasteiger partial charge in [0.1, 0.15) is 11.5 Å². The van der Waals surface area contributed by atoms with E-state index in [0.29, 0.717) is 38.2 Å². The highest BCUT2D eigenvalue weighted by Gasteiger charge is 2.51. The Morgan fingerprint density at radius 3 is 2.32 bits per heavy atom. The van der Waals surface area contributed by atoms with Crippen molar-refractivity contribution in [1.82, 2.24) is 0 Å². The van der Waals surface area contributed by atoms with E-state index in [-0.39, 0.29) is 11.6 Å². The lowest BCUT2D eigenvalue weighted by Crippen LogP contribution is -2.50. The summed E-state index contributed by atoms with van der Waals surface area (Å²) in [5, 5.41) is 1.69. The molecule has 0 unspecified atom stereocenters. The summed E-state index contributed by atoms with van der Waals surface area (Å²) >= 11 is 3.60. The molecule has 0 aromatic heterocycles. The number of carbonyl (C=O) groups excluding carboxylic acids is 2. The Bertz CT molecular complexity index is 1240. The number of methoxy groups -OCH3 is 1. The predicted octanol–water partition coefficient (Wildman–Crippen LogP) is 5.22. The molecule has 0 N–H and O–H groups in total. The second kappa shape index (κ2) is 5.79. The topological polar surface area (TPSA) is 52.6 Å². The van der Waals surface area contributed by atoms with Gasteiger partial charge in [0.2, 0.25) is 5.78 Å². The maximum absolute atomic E-state index is 13.3. The van der Waals surface area contributed by atoms with Crippen LogP contribution in [-0.2, 0) is 0 Å². The lowest BCUT2D eigenvalue weighted by atomic mass is 9.73. The van der Waals surface area contributed by atoms with E-state index < -0.39 is 5.60 Å². The Kier molecular flexibility index (Phi) is 3.55. The summed E-state index contributed by atoms with van der Waals surface area (Å²) < 4.78 is 12.6. The number of hydrogen-bond acceptors (Lipinski definition) is 4. The van der Waals surface area contributed by atoms with Crippen molar-refractivity contribution in [3.8, 4) is 11.5 Å². The number of Topliss-reactive ketones (excluding diaryl/α,β-unsaturated/α-hetero) is 2. The van der Waals surface area contributed by atoms with E-state index in [1.807, 2.05) is 24.3 Å². The Morgan fingerprint density at radius 2 is 1.61 bits per heavy atom. The van der Waals surface area contributed by atoms with Crippen LogP contribution in [0.5, 0.6) is 11.5 Å². The number of fused-ring (bicyclic) bond motifs is 5. The number of ketones is 2. The summed E-state index contributed by atoms with van der Waals surface area (Å²) in [6.07, 6.45) is 1.76. The van der Waals surface area contributed by atoms with Crippen molar-refractivity contribution >= 4 is 44.3 Å². The Morgan fingerprint density at radius 1 is 0.964 bits per heavy atom. The first-order chi connectivity index (χ1) is 13.5. The smallest absolute Gasteiger partial charge is 0.211 e. The van der Waals surface area contributed by atoms with Crippen molar-refractivity contribution in [1.29, 1.82) is 0 Å². The van der Waals surface area contributed by atoms with Crippen LogP contribution >= 0.6 is 15.9 Å². The van der Waals surface area contributed by atoms with Gasteiger partial charge in [0.25, 0.3) is 0 Å². The van der Waals surface area contributed by atoms with Crippen LogP contribution in [0, 0.1) is 0 Å². The van der Waals surface area contributed by atoms with E-state index in [0.717, 1.165) is 10.8 Å². The lowest BCUT2D eigenvalue weighted by molar-refractivity contribution is 0.0583. The van der Waals surface area contributed by atoms with E-state index in [2.05, 4.69) is 15.9 Å². The van der Waals surface area contributed by atoms with Gasteiger partial charge in [0.15, 0.2) is 11.4 Å². The molecule has 0 amide bonds. The monoisotopic (exact) mass is 434 g/mol. The molecule has 1 heterocycles. The quantitative estimate of drug-likeness (QED) is 0.526. The minimum absolute atomic E-state index is 0.192. The van der Waals surface area contributed by atoms with Gasteiger partial charge >= 0.3 is 0 Å². The molecule has 1 atom stereocenters. The maximum atomic E-state index is 13.3. The molecule has 0 saturated carbocycles. The van der Waals surface area contributed by atoms with Crippen LogP contribution < -0.4 is 9.47 Å². The van der Waals surface area contributed by atoms with Gasteiger partial charge in [-0.1, -0.05) is 48.5 Å². The maximum Gasteiger partial charge on any atom is 0.211 e. The molecule has 0 saturated heterocycles. The summed E-state index contributed by atoms with van der Waals surface area (Å²) in [6, 6.07) is 14.6. The second-order valence-electron chi connectivity index (χ2n) is 7.03. The first kappa shape index (κ1) is 17.2. The van der Waals surface area contributed by atoms with Gasteiger partial charge in [-0.25, -0.2) is 0 Å². The molecule has 0 radical (unpaired) electrons. The zero-order chi connectivity index (χ0) is 19.6. The van der Waals surface area contributed by atoms with Gasteiger partial charge in [-0.3, -0.25) is 9.59 Å².